The van der Waals surface area contributed by atoms with Crippen molar-refractivity contribution in [1.82, 2.24) is 0 Å². The molecule has 0 saturated carbocycles. The number of rotatable bonds is 7. The molecule has 0 bridgehead atoms. The summed E-state index contributed by atoms with van der Waals surface area (Å²) in [6.07, 6.45) is 10.2. The minimum Gasteiger partial charge on any atom is -0.242 e. The molecule has 0 radical (unpaired) electrons. The largest absolute Gasteiger partial charge is 0.242 e. The maximum absolute atomic E-state index is 14.0. The van der Waals surface area contributed by atoms with E-state index in [4.69, 9.17) is 11.1 Å². The summed E-state index contributed by atoms with van der Waals surface area (Å²) in [5.74, 6) is 0. The van der Waals surface area contributed by atoms with Gasteiger partial charge < -0.3 is 0 Å². The number of alkyl halides is 1. The van der Waals surface area contributed by atoms with Gasteiger partial charge in [-0.15, -0.1) is 0 Å². The van der Waals surface area contributed by atoms with Crippen molar-refractivity contribution in [3.63, 3.8) is 0 Å². The zero-order chi connectivity index (χ0) is 22.3. The van der Waals surface area contributed by atoms with Crippen LogP contribution in [0, 0.1) is 0 Å². The quantitative estimate of drug-likeness (QED) is 0.143. The molecular formula is C28H38ClFSi. The normalized spacial score (nSPS) is 16.1. The molecule has 1 atom stereocenters. The topological polar surface area (TPSA) is 0 Å². The third-order valence-corrected chi connectivity index (χ3v) is 8.53. The first-order valence-corrected chi connectivity index (χ1v) is 16.4. The van der Waals surface area contributed by atoms with Crippen LogP contribution in [0.3, 0.4) is 0 Å². The van der Waals surface area contributed by atoms with Crippen LogP contribution in [0.1, 0.15) is 75.6 Å². The van der Waals surface area contributed by atoms with E-state index >= 15 is 0 Å². The van der Waals surface area contributed by atoms with E-state index in [1.165, 1.54) is 71.7 Å². The first kappa shape index (κ1) is 24.3. The Labute approximate surface area is 193 Å². The average molecular weight is 457 g/mol. The van der Waals surface area contributed by atoms with Crippen molar-refractivity contribution < 1.29 is 4.39 Å². The summed E-state index contributed by atoms with van der Waals surface area (Å²) in [5, 5.41) is 5.01. The molecule has 168 valence electrons. The Balaban J connectivity index is 0.000000199. The summed E-state index contributed by atoms with van der Waals surface area (Å²) in [6.45, 7) is 6.73. The van der Waals surface area contributed by atoms with Gasteiger partial charge in [-0.25, -0.2) is 4.39 Å². The van der Waals surface area contributed by atoms with Crippen LogP contribution in [-0.2, 0) is 6.42 Å². The summed E-state index contributed by atoms with van der Waals surface area (Å²) < 4.78 is 14.0. The Hall–Kier alpha value is -1.38. The number of halogens is 2. The molecule has 0 spiro atoms. The highest BCUT2D eigenvalue weighted by Gasteiger charge is 2.21. The van der Waals surface area contributed by atoms with Crippen molar-refractivity contribution in [3.05, 3.63) is 59.7 Å². The number of unbranched alkanes of at least 4 members (excludes halogenated alkanes) is 5. The smallest absolute Gasteiger partial charge is 0.150 e. The van der Waals surface area contributed by atoms with Gasteiger partial charge in [0, 0.05) is 0 Å². The molecule has 0 N–H and O–H groups in total. The molecule has 0 amide bonds. The average Bonchev–Trinajstić information content (AvgIpc) is 2.76. The standard InChI is InChI=1S/C18H15F.C10H23ClSi/c19-18-7-3-6-14-16-9-8-12-4-1-2-5-13(12)15(16)10-11-17(14)18;1-4-5-6-7-8-9-10-12(2,3)11/h1-2,4-5,8-11,18H,3,6-7H2;4-10H2,1-3H3. The van der Waals surface area contributed by atoms with Crippen molar-refractivity contribution in [1.29, 1.82) is 0 Å². The third-order valence-electron chi connectivity index (χ3n) is 6.42. The van der Waals surface area contributed by atoms with Gasteiger partial charge in [0.1, 0.15) is 13.6 Å². The molecule has 3 heteroatoms. The SMILES string of the molecule is CCCCCCCC[Si](C)(C)Cl.FC1CCCc2c1ccc1c2ccc2ccccc21. The second-order valence-corrected chi connectivity index (χ2v) is 16.6. The van der Waals surface area contributed by atoms with E-state index in [1.807, 2.05) is 6.07 Å². The number of benzene rings is 3. The maximum Gasteiger partial charge on any atom is 0.150 e. The summed E-state index contributed by atoms with van der Waals surface area (Å²) >= 11 is 6.21. The molecule has 0 fully saturated rings. The Morgan fingerprint density at radius 1 is 0.871 bits per heavy atom. The Kier molecular flexibility index (Phi) is 8.98. The van der Waals surface area contributed by atoms with E-state index in [0.717, 1.165) is 18.4 Å². The third kappa shape index (κ3) is 6.80. The molecule has 0 aromatic heterocycles. The second kappa shape index (κ2) is 11.5. The Bertz CT molecular complexity index is 976. The number of fused-ring (bicyclic) bond motifs is 5. The summed E-state index contributed by atoms with van der Waals surface area (Å²) in [6, 6.07) is 18.1. The van der Waals surface area contributed by atoms with E-state index < -0.39 is 13.6 Å². The lowest BCUT2D eigenvalue weighted by Crippen LogP contribution is -2.14. The lowest BCUT2D eigenvalue weighted by atomic mass is 9.85. The highest BCUT2D eigenvalue weighted by molar-refractivity contribution is 7.19. The van der Waals surface area contributed by atoms with Crippen LogP contribution in [0.15, 0.2) is 48.5 Å². The monoisotopic (exact) mass is 456 g/mol. The minimum atomic E-state index is -1.25. The van der Waals surface area contributed by atoms with Gasteiger partial charge in [-0.05, 0) is 58.0 Å². The fourth-order valence-electron chi connectivity index (χ4n) is 4.68. The van der Waals surface area contributed by atoms with E-state index in [-0.39, 0.29) is 0 Å². The van der Waals surface area contributed by atoms with E-state index in [9.17, 15) is 4.39 Å². The molecule has 3 aromatic rings. The fraction of sp³-hybridized carbons (Fsp3) is 0.500. The Morgan fingerprint density at radius 2 is 1.58 bits per heavy atom. The van der Waals surface area contributed by atoms with Crippen molar-refractivity contribution >= 4 is 40.0 Å². The van der Waals surface area contributed by atoms with E-state index in [0.29, 0.717) is 6.42 Å². The van der Waals surface area contributed by atoms with Crippen LogP contribution in [0.5, 0.6) is 0 Å². The van der Waals surface area contributed by atoms with Crippen LogP contribution < -0.4 is 0 Å². The molecule has 1 aliphatic rings. The van der Waals surface area contributed by atoms with Gasteiger partial charge in [0.05, 0.1) is 0 Å². The Morgan fingerprint density at radius 3 is 2.35 bits per heavy atom. The molecule has 0 aliphatic heterocycles. The van der Waals surface area contributed by atoms with Crippen LogP contribution in [0.4, 0.5) is 4.39 Å². The molecule has 31 heavy (non-hydrogen) atoms. The first-order chi connectivity index (χ1) is 14.9. The van der Waals surface area contributed by atoms with Crippen LogP contribution in [0.2, 0.25) is 19.1 Å². The molecule has 1 unspecified atom stereocenters. The summed E-state index contributed by atoms with van der Waals surface area (Å²) in [4.78, 5) is 0. The zero-order valence-electron chi connectivity index (χ0n) is 19.5. The van der Waals surface area contributed by atoms with Crippen LogP contribution >= 0.6 is 11.1 Å². The van der Waals surface area contributed by atoms with Gasteiger partial charge in [0.2, 0.25) is 0 Å². The molecule has 0 nitrogen and oxygen atoms in total. The van der Waals surface area contributed by atoms with Crippen molar-refractivity contribution in [2.45, 2.75) is 90.0 Å². The molecule has 3 aromatic carbocycles. The molecule has 1 aliphatic carbocycles. The van der Waals surface area contributed by atoms with Crippen molar-refractivity contribution in [2.75, 3.05) is 0 Å². The fourth-order valence-corrected chi connectivity index (χ4v) is 6.17. The number of aryl methyl sites for hydroxylation is 1. The summed E-state index contributed by atoms with van der Waals surface area (Å²) in [7, 11) is -1.25. The molecule has 4 rings (SSSR count). The second-order valence-electron chi connectivity index (χ2n) is 9.61. The van der Waals surface area contributed by atoms with Gasteiger partial charge in [-0.3, -0.25) is 0 Å². The van der Waals surface area contributed by atoms with Crippen molar-refractivity contribution in [3.8, 4) is 0 Å². The van der Waals surface area contributed by atoms with Gasteiger partial charge in [0.25, 0.3) is 0 Å². The van der Waals surface area contributed by atoms with Gasteiger partial charge in [-0.1, -0.05) is 107 Å². The highest BCUT2D eigenvalue weighted by atomic mass is 35.6. The minimum absolute atomic E-state index is 0.673. The maximum atomic E-state index is 14.0. The highest BCUT2D eigenvalue weighted by Crippen LogP contribution is 2.38. The van der Waals surface area contributed by atoms with Crippen LogP contribution in [-0.4, -0.2) is 7.38 Å². The van der Waals surface area contributed by atoms with Gasteiger partial charge in [-0.2, -0.15) is 11.1 Å². The van der Waals surface area contributed by atoms with E-state index in [1.54, 1.807) is 0 Å². The van der Waals surface area contributed by atoms with Gasteiger partial charge >= 0.3 is 0 Å². The summed E-state index contributed by atoms with van der Waals surface area (Å²) in [5.41, 5.74) is 2.14. The zero-order valence-corrected chi connectivity index (χ0v) is 21.3. The van der Waals surface area contributed by atoms with Crippen molar-refractivity contribution in [2.24, 2.45) is 0 Å². The number of hydrogen-bond donors (Lipinski definition) is 0. The van der Waals surface area contributed by atoms with Gasteiger partial charge in [0.15, 0.2) is 0 Å². The van der Waals surface area contributed by atoms with Crippen LogP contribution in [0.25, 0.3) is 21.5 Å². The lowest BCUT2D eigenvalue weighted by molar-refractivity contribution is 0.303. The predicted molar refractivity (Wildman–Crippen MR) is 140 cm³/mol. The lowest BCUT2D eigenvalue weighted by Gasteiger charge is -2.21. The number of hydrogen-bond acceptors (Lipinski definition) is 0. The molecule has 0 heterocycles. The molecule has 0 saturated heterocycles. The first-order valence-electron chi connectivity index (χ1n) is 12.2. The predicted octanol–water partition coefficient (Wildman–Crippen LogP) is 10.1. The molecular weight excluding hydrogens is 419 g/mol. The van der Waals surface area contributed by atoms with E-state index in [2.05, 4.69) is 62.5 Å².